The standard InChI is InChI=1S/C13H22N4O3/c1-10(3-4-12(18)19)7-15-13(20)14-5-6-17-9-11(2)8-16-17/h8-10H,3-7H2,1-2H3,(H,18,19)(H2,14,15,20). The van der Waals surface area contributed by atoms with E-state index in [0.717, 1.165) is 5.56 Å². The van der Waals surface area contributed by atoms with E-state index in [2.05, 4.69) is 15.7 Å². The number of aryl methyl sites for hydroxylation is 1. The molecule has 1 aromatic rings. The van der Waals surface area contributed by atoms with Gasteiger partial charge in [0.25, 0.3) is 0 Å². The average molecular weight is 282 g/mol. The lowest BCUT2D eigenvalue weighted by molar-refractivity contribution is -0.137. The van der Waals surface area contributed by atoms with Crippen molar-refractivity contribution in [3.05, 3.63) is 18.0 Å². The summed E-state index contributed by atoms with van der Waals surface area (Å²) in [5.41, 5.74) is 1.08. The van der Waals surface area contributed by atoms with Crippen LogP contribution in [-0.2, 0) is 11.3 Å². The summed E-state index contributed by atoms with van der Waals surface area (Å²) in [6.07, 6.45) is 4.36. The number of carboxylic acid groups (broad SMARTS) is 1. The molecule has 1 unspecified atom stereocenters. The van der Waals surface area contributed by atoms with Gasteiger partial charge in [0.05, 0.1) is 12.7 Å². The highest BCUT2D eigenvalue weighted by molar-refractivity contribution is 5.73. The first kappa shape index (κ1) is 16.0. The molecule has 0 radical (unpaired) electrons. The third-order valence-corrected chi connectivity index (χ3v) is 2.85. The molecule has 0 saturated heterocycles. The van der Waals surface area contributed by atoms with Crippen molar-refractivity contribution in [3.8, 4) is 0 Å². The van der Waals surface area contributed by atoms with Crippen molar-refractivity contribution in [2.24, 2.45) is 5.92 Å². The number of aromatic nitrogens is 2. The highest BCUT2D eigenvalue weighted by Crippen LogP contribution is 2.03. The van der Waals surface area contributed by atoms with Crippen LogP contribution in [0.4, 0.5) is 4.79 Å². The van der Waals surface area contributed by atoms with Gasteiger partial charge < -0.3 is 15.7 Å². The van der Waals surface area contributed by atoms with Crippen LogP contribution in [0.25, 0.3) is 0 Å². The molecule has 0 aliphatic rings. The van der Waals surface area contributed by atoms with E-state index in [9.17, 15) is 9.59 Å². The van der Waals surface area contributed by atoms with Crippen LogP contribution in [-0.4, -0.2) is 40.0 Å². The minimum Gasteiger partial charge on any atom is -0.481 e. The summed E-state index contributed by atoms with van der Waals surface area (Å²) in [5.74, 6) is -0.665. The number of carboxylic acids is 1. The van der Waals surface area contributed by atoms with Crippen molar-refractivity contribution in [2.45, 2.75) is 33.2 Å². The first-order valence-electron chi connectivity index (χ1n) is 6.70. The van der Waals surface area contributed by atoms with Gasteiger partial charge in [-0.05, 0) is 24.8 Å². The van der Waals surface area contributed by atoms with E-state index in [4.69, 9.17) is 5.11 Å². The lowest BCUT2D eigenvalue weighted by Gasteiger charge is -2.12. The molecular formula is C13H22N4O3. The number of amides is 2. The van der Waals surface area contributed by atoms with E-state index in [0.29, 0.717) is 26.1 Å². The van der Waals surface area contributed by atoms with Gasteiger partial charge >= 0.3 is 12.0 Å². The van der Waals surface area contributed by atoms with Gasteiger partial charge in [-0.25, -0.2) is 4.79 Å². The zero-order valence-electron chi connectivity index (χ0n) is 11.9. The minimum absolute atomic E-state index is 0.128. The van der Waals surface area contributed by atoms with Crippen molar-refractivity contribution in [1.82, 2.24) is 20.4 Å². The predicted molar refractivity (Wildman–Crippen MR) is 74.4 cm³/mol. The van der Waals surface area contributed by atoms with Crippen molar-refractivity contribution >= 4 is 12.0 Å². The van der Waals surface area contributed by atoms with E-state index < -0.39 is 5.97 Å². The average Bonchev–Trinajstić information content (AvgIpc) is 2.79. The number of carbonyl (C=O) groups is 2. The Morgan fingerprint density at radius 2 is 2.20 bits per heavy atom. The molecule has 0 aliphatic carbocycles. The summed E-state index contributed by atoms with van der Waals surface area (Å²) >= 11 is 0. The first-order chi connectivity index (χ1) is 9.47. The van der Waals surface area contributed by atoms with Gasteiger partial charge in [-0.2, -0.15) is 5.10 Å². The first-order valence-corrected chi connectivity index (χ1v) is 6.70. The number of carbonyl (C=O) groups excluding carboxylic acids is 1. The maximum Gasteiger partial charge on any atom is 0.314 e. The molecule has 1 heterocycles. The topological polar surface area (TPSA) is 96.3 Å². The Morgan fingerprint density at radius 1 is 1.45 bits per heavy atom. The predicted octanol–water partition coefficient (Wildman–Crippen LogP) is 0.992. The monoisotopic (exact) mass is 282 g/mol. The van der Waals surface area contributed by atoms with Crippen LogP contribution >= 0.6 is 0 Å². The van der Waals surface area contributed by atoms with Crippen LogP contribution < -0.4 is 10.6 Å². The molecule has 1 atom stereocenters. The van der Waals surface area contributed by atoms with Crippen LogP contribution in [0.2, 0.25) is 0 Å². The van der Waals surface area contributed by atoms with Crippen molar-refractivity contribution in [3.63, 3.8) is 0 Å². The number of urea groups is 1. The summed E-state index contributed by atoms with van der Waals surface area (Å²) in [5, 5.41) is 18.1. The van der Waals surface area contributed by atoms with Crippen LogP contribution in [0, 0.1) is 12.8 Å². The molecule has 0 saturated carbocycles. The summed E-state index contributed by atoms with van der Waals surface area (Å²) in [6, 6.07) is -0.240. The zero-order valence-corrected chi connectivity index (χ0v) is 11.9. The Kier molecular flexibility index (Phi) is 6.55. The molecule has 1 aromatic heterocycles. The van der Waals surface area contributed by atoms with Gasteiger partial charge in [0.2, 0.25) is 0 Å². The van der Waals surface area contributed by atoms with Crippen LogP contribution in [0.15, 0.2) is 12.4 Å². The summed E-state index contributed by atoms with van der Waals surface area (Å²) in [6.45, 7) is 5.46. The van der Waals surface area contributed by atoms with Gasteiger partial charge in [-0.3, -0.25) is 9.48 Å². The van der Waals surface area contributed by atoms with Crippen LogP contribution in [0.1, 0.15) is 25.3 Å². The minimum atomic E-state index is -0.809. The second kappa shape index (κ2) is 8.19. The highest BCUT2D eigenvalue weighted by Gasteiger charge is 2.07. The molecule has 0 bridgehead atoms. The van der Waals surface area contributed by atoms with E-state index in [1.165, 1.54) is 0 Å². The molecule has 0 spiro atoms. The van der Waals surface area contributed by atoms with Crippen molar-refractivity contribution < 1.29 is 14.7 Å². The third-order valence-electron chi connectivity index (χ3n) is 2.85. The largest absolute Gasteiger partial charge is 0.481 e. The summed E-state index contributed by atoms with van der Waals surface area (Å²) in [7, 11) is 0. The Bertz CT molecular complexity index is 445. The maximum absolute atomic E-state index is 11.5. The maximum atomic E-state index is 11.5. The molecule has 20 heavy (non-hydrogen) atoms. The van der Waals surface area contributed by atoms with Crippen molar-refractivity contribution in [1.29, 1.82) is 0 Å². The van der Waals surface area contributed by atoms with Crippen LogP contribution in [0.5, 0.6) is 0 Å². The Labute approximate surface area is 118 Å². The highest BCUT2D eigenvalue weighted by atomic mass is 16.4. The van der Waals surface area contributed by atoms with E-state index >= 15 is 0 Å². The fraction of sp³-hybridized carbons (Fsp3) is 0.615. The molecule has 2 amide bonds. The molecule has 3 N–H and O–H groups in total. The van der Waals surface area contributed by atoms with Gasteiger partial charge in [0.1, 0.15) is 0 Å². The molecule has 0 fully saturated rings. The van der Waals surface area contributed by atoms with Gasteiger partial charge in [-0.1, -0.05) is 6.92 Å². The van der Waals surface area contributed by atoms with E-state index in [-0.39, 0.29) is 18.4 Å². The lowest BCUT2D eigenvalue weighted by atomic mass is 10.1. The molecule has 0 aromatic carbocycles. The van der Waals surface area contributed by atoms with Crippen molar-refractivity contribution in [2.75, 3.05) is 13.1 Å². The molecule has 112 valence electrons. The normalized spacial score (nSPS) is 11.9. The molecular weight excluding hydrogens is 260 g/mol. The SMILES string of the molecule is Cc1cnn(CCNC(=O)NCC(C)CCC(=O)O)c1. The number of nitrogens with zero attached hydrogens (tertiary/aromatic N) is 2. The molecule has 0 aliphatic heterocycles. The van der Waals surface area contributed by atoms with Gasteiger partial charge in [0, 0.05) is 25.7 Å². The number of nitrogens with one attached hydrogen (secondary N) is 2. The Balaban J connectivity index is 2.09. The molecule has 1 rings (SSSR count). The number of rotatable bonds is 8. The zero-order chi connectivity index (χ0) is 15.0. The lowest BCUT2D eigenvalue weighted by Crippen LogP contribution is -2.39. The van der Waals surface area contributed by atoms with Gasteiger partial charge in [0.15, 0.2) is 0 Å². The fourth-order valence-corrected chi connectivity index (χ4v) is 1.67. The van der Waals surface area contributed by atoms with Crippen LogP contribution in [0.3, 0.4) is 0 Å². The van der Waals surface area contributed by atoms with E-state index in [1.807, 2.05) is 20.0 Å². The quantitative estimate of drug-likeness (QED) is 0.662. The number of hydrogen-bond donors (Lipinski definition) is 3. The van der Waals surface area contributed by atoms with E-state index in [1.54, 1.807) is 10.9 Å². The van der Waals surface area contributed by atoms with Gasteiger partial charge in [-0.15, -0.1) is 0 Å². The Hall–Kier alpha value is -2.05. The Morgan fingerprint density at radius 3 is 2.80 bits per heavy atom. The fourth-order valence-electron chi connectivity index (χ4n) is 1.67. The smallest absolute Gasteiger partial charge is 0.314 e. The second-order valence-electron chi connectivity index (χ2n) is 4.96. The molecule has 7 heteroatoms. The summed E-state index contributed by atoms with van der Waals surface area (Å²) < 4.78 is 1.77. The molecule has 7 nitrogen and oxygen atoms in total. The number of hydrogen-bond acceptors (Lipinski definition) is 3. The summed E-state index contributed by atoms with van der Waals surface area (Å²) in [4.78, 5) is 21.9. The third kappa shape index (κ3) is 6.77. The number of aliphatic carboxylic acids is 1. The second-order valence-corrected chi connectivity index (χ2v) is 4.96.